The number of aromatic nitrogens is 2. The monoisotopic (exact) mass is 449 g/mol. The Balaban J connectivity index is 1.63. The van der Waals surface area contributed by atoms with Gasteiger partial charge < -0.3 is 24.8 Å². The van der Waals surface area contributed by atoms with E-state index < -0.39 is 24.4 Å². The molecular weight excluding hydrogens is 425 g/mol. The summed E-state index contributed by atoms with van der Waals surface area (Å²) in [6.45, 7) is 0.0538. The number of hydrogen-bond donors (Lipinski definition) is 3. The molecule has 2 aromatic carbocycles. The standard InChI is InChI=1S/C25H24FN3O4/c1-33-22-7-6-14(10-17(22)26)11-19-24-23(15-4-2-3-5-18(15)28-24)16-8-9-29(12-20(16)27-19)25(32)21(31)13-30/h2-7,10,21,28,30-31H,8-9,11-13H2,1H3. The lowest BCUT2D eigenvalue weighted by Gasteiger charge is -2.30. The molecule has 0 bridgehead atoms. The maximum Gasteiger partial charge on any atom is 0.254 e. The lowest BCUT2D eigenvalue weighted by molar-refractivity contribution is -0.143. The lowest BCUT2D eigenvalue weighted by Crippen LogP contribution is -2.43. The van der Waals surface area contributed by atoms with Crippen LogP contribution in [-0.4, -0.2) is 57.4 Å². The van der Waals surface area contributed by atoms with E-state index in [1.165, 1.54) is 18.1 Å². The Morgan fingerprint density at radius 3 is 2.88 bits per heavy atom. The molecule has 8 heteroatoms. The second-order valence-corrected chi connectivity index (χ2v) is 8.26. The molecule has 1 aliphatic heterocycles. The van der Waals surface area contributed by atoms with Crippen molar-refractivity contribution in [1.29, 1.82) is 0 Å². The first kappa shape index (κ1) is 21.4. The molecule has 5 rings (SSSR count). The Labute approximate surface area is 189 Å². The third kappa shape index (κ3) is 3.71. The zero-order valence-electron chi connectivity index (χ0n) is 18.1. The van der Waals surface area contributed by atoms with Crippen molar-refractivity contribution in [2.45, 2.75) is 25.5 Å². The molecular formula is C25H24FN3O4. The fourth-order valence-electron chi connectivity index (χ4n) is 4.63. The number of amides is 1. The number of carbonyl (C=O) groups is 1. The van der Waals surface area contributed by atoms with Crippen LogP contribution in [0.15, 0.2) is 42.5 Å². The molecule has 170 valence electrons. The molecule has 3 heterocycles. The van der Waals surface area contributed by atoms with Crippen LogP contribution >= 0.6 is 0 Å². The van der Waals surface area contributed by atoms with Gasteiger partial charge in [-0.05, 0) is 35.7 Å². The Morgan fingerprint density at radius 2 is 2.12 bits per heavy atom. The zero-order chi connectivity index (χ0) is 23.1. The molecule has 1 amide bonds. The Bertz CT molecular complexity index is 1370. The van der Waals surface area contributed by atoms with E-state index in [4.69, 9.17) is 9.72 Å². The van der Waals surface area contributed by atoms with Gasteiger partial charge in [-0.2, -0.15) is 0 Å². The van der Waals surface area contributed by atoms with Gasteiger partial charge in [-0.15, -0.1) is 0 Å². The highest BCUT2D eigenvalue weighted by Crippen LogP contribution is 2.35. The van der Waals surface area contributed by atoms with Crippen molar-refractivity contribution in [3.63, 3.8) is 0 Å². The van der Waals surface area contributed by atoms with Gasteiger partial charge in [0.2, 0.25) is 0 Å². The van der Waals surface area contributed by atoms with Crippen LogP contribution in [0.1, 0.15) is 22.5 Å². The third-order valence-electron chi connectivity index (χ3n) is 6.24. The number of para-hydroxylation sites is 1. The van der Waals surface area contributed by atoms with Crippen molar-refractivity contribution in [2.24, 2.45) is 0 Å². The van der Waals surface area contributed by atoms with Gasteiger partial charge in [-0.3, -0.25) is 9.78 Å². The Hall–Kier alpha value is -3.49. The van der Waals surface area contributed by atoms with Crippen LogP contribution < -0.4 is 4.74 Å². The molecule has 0 saturated heterocycles. The van der Waals surface area contributed by atoms with Crippen LogP contribution in [0.3, 0.4) is 0 Å². The number of benzene rings is 2. The number of fused-ring (bicyclic) bond motifs is 5. The number of aromatic amines is 1. The summed E-state index contributed by atoms with van der Waals surface area (Å²) >= 11 is 0. The smallest absolute Gasteiger partial charge is 0.254 e. The number of aliphatic hydroxyl groups is 2. The summed E-state index contributed by atoms with van der Waals surface area (Å²) < 4.78 is 19.3. The number of carbonyl (C=O) groups excluding carboxylic acids is 1. The SMILES string of the molecule is COc1ccc(Cc2nc3c(c4c2[nH]c2ccccc24)CCN(C(=O)C(O)CO)C3)cc1F. The second kappa shape index (κ2) is 8.46. The zero-order valence-corrected chi connectivity index (χ0v) is 18.1. The average molecular weight is 449 g/mol. The van der Waals surface area contributed by atoms with Crippen molar-refractivity contribution in [3.8, 4) is 5.75 Å². The summed E-state index contributed by atoms with van der Waals surface area (Å²) in [5.41, 5.74) is 5.21. The van der Waals surface area contributed by atoms with Gasteiger partial charge in [-0.1, -0.05) is 24.3 Å². The molecule has 0 fully saturated rings. The molecule has 7 nitrogen and oxygen atoms in total. The fourth-order valence-corrected chi connectivity index (χ4v) is 4.63. The second-order valence-electron chi connectivity index (χ2n) is 8.26. The number of ether oxygens (including phenoxy) is 1. The molecule has 0 aliphatic carbocycles. The molecule has 0 radical (unpaired) electrons. The minimum Gasteiger partial charge on any atom is -0.494 e. The summed E-state index contributed by atoms with van der Waals surface area (Å²) in [5, 5.41) is 21.1. The number of H-pyrrole nitrogens is 1. The largest absolute Gasteiger partial charge is 0.494 e. The van der Waals surface area contributed by atoms with E-state index in [0.717, 1.165) is 44.3 Å². The van der Waals surface area contributed by atoms with Gasteiger partial charge in [0.1, 0.15) is 0 Å². The van der Waals surface area contributed by atoms with Crippen LogP contribution in [0, 0.1) is 5.82 Å². The number of nitrogens with one attached hydrogen (secondary N) is 1. The van der Waals surface area contributed by atoms with E-state index in [2.05, 4.69) is 11.1 Å². The quantitative estimate of drug-likeness (QED) is 0.435. The summed E-state index contributed by atoms with van der Waals surface area (Å²) in [6.07, 6.45) is -0.461. The topological polar surface area (TPSA) is 98.7 Å². The molecule has 2 aromatic heterocycles. The number of rotatable bonds is 5. The predicted molar refractivity (Wildman–Crippen MR) is 122 cm³/mol. The lowest BCUT2D eigenvalue weighted by atomic mass is 9.96. The fraction of sp³-hybridized carbons (Fsp3) is 0.280. The molecule has 0 saturated carbocycles. The Kier molecular flexibility index (Phi) is 5.47. The number of nitrogens with zero attached hydrogens (tertiary/aromatic N) is 2. The van der Waals surface area contributed by atoms with Gasteiger partial charge in [0.15, 0.2) is 17.7 Å². The maximum atomic E-state index is 14.3. The first-order chi connectivity index (χ1) is 16.0. The maximum absolute atomic E-state index is 14.3. The number of halogens is 1. The van der Waals surface area contributed by atoms with E-state index in [0.29, 0.717) is 19.4 Å². The highest BCUT2D eigenvalue weighted by molar-refractivity contribution is 6.10. The average Bonchev–Trinajstić information content (AvgIpc) is 3.23. The summed E-state index contributed by atoms with van der Waals surface area (Å²) in [6, 6.07) is 12.9. The molecule has 1 aliphatic rings. The molecule has 1 atom stereocenters. The van der Waals surface area contributed by atoms with E-state index in [1.54, 1.807) is 6.07 Å². The molecule has 1 unspecified atom stereocenters. The van der Waals surface area contributed by atoms with Gasteiger partial charge >= 0.3 is 0 Å². The van der Waals surface area contributed by atoms with Crippen LogP contribution in [0.5, 0.6) is 5.75 Å². The Morgan fingerprint density at radius 1 is 1.30 bits per heavy atom. The van der Waals surface area contributed by atoms with E-state index in [1.807, 2.05) is 24.3 Å². The molecule has 33 heavy (non-hydrogen) atoms. The highest BCUT2D eigenvalue weighted by Gasteiger charge is 2.29. The van der Waals surface area contributed by atoms with Crippen LogP contribution in [0.2, 0.25) is 0 Å². The van der Waals surface area contributed by atoms with Crippen molar-refractivity contribution in [3.05, 3.63) is 70.8 Å². The molecule has 4 aromatic rings. The number of hydrogen-bond acceptors (Lipinski definition) is 5. The third-order valence-corrected chi connectivity index (χ3v) is 6.24. The van der Waals surface area contributed by atoms with Crippen molar-refractivity contribution < 1.29 is 24.1 Å². The minimum absolute atomic E-state index is 0.185. The summed E-state index contributed by atoms with van der Waals surface area (Å²) in [4.78, 5) is 22.4. The van der Waals surface area contributed by atoms with Crippen LogP contribution in [0.4, 0.5) is 4.39 Å². The number of aliphatic hydroxyl groups excluding tert-OH is 2. The minimum atomic E-state index is -1.44. The van der Waals surface area contributed by atoms with Crippen molar-refractivity contribution in [1.82, 2.24) is 14.9 Å². The van der Waals surface area contributed by atoms with Gasteiger partial charge in [0.25, 0.3) is 5.91 Å². The van der Waals surface area contributed by atoms with E-state index >= 15 is 0 Å². The molecule has 0 spiro atoms. The van der Waals surface area contributed by atoms with Crippen LogP contribution in [0.25, 0.3) is 21.8 Å². The van der Waals surface area contributed by atoms with Gasteiger partial charge in [0.05, 0.1) is 37.2 Å². The first-order valence-corrected chi connectivity index (χ1v) is 10.8. The normalized spacial score (nSPS) is 14.5. The van der Waals surface area contributed by atoms with Crippen LogP contribution in [-0.2, 0) is 24.2 Å². The molecule has 3 N–H and O–H groups in total. The van der Waals surface area contributed by atoms with Gasteiger partial charge in [0, 0.05) is 29.3 Å². The summed E-state index contributed by atoms with van der Waals surface area (Å²) in [5.74, 6) is -0.761. The van der Waals surface area contributed by atoms with Crippen molar-refractivity contribution in [2.75, 3.05) is 20.3 Å². The predicted octanol–water partition coefficient (Wildman–Crippen LogP) is 2.69. The van der Waals surface area contributed by atoms with Crippen molar-refractivity contribution >= 4 is 27.7 Å². The van der Waals surface area contributed by atoms with E-state index in [-0.39, 0.29) is 12.3 Å². The first-order valence-electron chi connectivity index (χ1n) is 10.8. The van der Waals surface area contributed by atoms with E-state index in [9.17, 15) is 19.4 Å². The number of methoxy groups -OCH3 is 1. The van der Waals surface area contributed by atoms with Gasteiger partial charge in [-0.25, -0.2) is 4.39 Å². The highest BCUT2D eigenvalue weighted by atomic mass is 19.1. The number of pyridine rings is 1. The summed E-state index contributed by atoms with van der Waals surface area (Å²) in [7, 11) is 1.43.